The first kappa shape index (κ1) is 16.0. The van der Waals surface area contributed by atoms with Gasteiger partial charge >= 0.3 is 0 Å². The molecule has 4 nitrogen and oxygen atoms in total. The van der Waals surface area contributed by atoms with Crippen molar-refractivity contribution in [3.63, 3.8) is 0 Å². The minimum Gasteiger partial charge on any atom is -0.338 e. The minimum absolute atomic E-state index is 0.261. The highest BCUT2D eigenvalue weighted by Crippen LogP contribution is 2.19. The maximum absolute atomic E-state index is 13.6. The molecule has 120 valence electrons. The largest absolute Gasteiger partial charge is 0.338 e. The number of anilines is 3. The van der Waals surface area contributed by atoms with E-state index in [0.717, 1.165) is 0 Å². The van der Waals surface area contributed by atoms with Gasteiger partial charge in [0.15, 0.2) is 0 Å². The third-order valence-corrected chi connectivity index (χ3v) is 3.52. The molecule has 24 heavy (non-hydrogen) atoms. The lowest BCUT2D eigenvalue weighted by molar-refractivity contribution is 0.102. The summed E-state index contributed by atoms with van der Waals surface area (Å²) in [6, 6.07) is 16.2. The Morgan fingerprint density at radius 2 is 1.75 bits per heavy atom. The molecular formula is C18H13ClFN3O. The quantitative estimate of drug-likeness (QED) is 0.711. The number of nitrogens with zero attached hydrogens (tertiary/aromatic N) is 1. The number of amides is 1. The van der Waals surface area contributed by atoms with Gasteiger partial charge in [0.05, 0.1) is 17.6 Å². The maximum Gasteiger partial charge on any atom is 0.255 e. The molecule has 0 fully saturated rings. The third-order valence-electron chi connectivity index (χ3n) is 3.26. The lowest BCUT2D eigenvalue weighted by Gasteiger charge is -2.08. The molecule has 1 heterocycles. The minimum atomic E-state index is -0.362. The van der Waals surface area contributed by atoms with Crippen LogP contribution in [0.15, 0.2) is 66.9 Å². The maximum atomic E-state index is 13.6. The van der Waals surface area contributed by atoms with E-state index >= 15 is 0 Å². The fraction of sp³-hybridized carbons (Fsp3) is 0. The van der Waals surface area contributed by atoms with Crippen LogP contribution in [0.1, 0.15) is 10.4 Å². The molecule has 2 aromatic carbocycles. The van der Waals surface area contributed by atoms with E-state index in [4.69, 9.17) is 11.6 Å². The number of hydrogen-bond donors (Lipinski definition) is 2. The zero-order chi connectivity index (χ0) is 16.9. The molecule has 1 amide bonds. The second-order valence-electron chi connectivity index (χ2n) is 5.00. The van der Waals surface area contributed by atoms with E-state index in [1.807, 2.05) is 0 Å². The average Bonchev–Trinajstić information content (AvgIpc) is 2.59. The number of carbonyl (C=O) groups excluding carboxylic acids is 1. The van der Waals surface area contributed by atoms with Gasteiger partial charge in [-0.25, -0.2) is 9.37 Å². The first-order valence-electron chi connectivity index (χ1n) is 7.16. The molecule has 0 aliphatic rings. The summed E-state index contributed by atoms with van der Waals surface area (Å²) >= 11 is 5.80. The predicted molar refractivity (Wildman–Crippen MR) is 93.3 cm³/mol. The number of halogens is 2. The fourth-order valence-electron chi connectivity index (χ4n) is 2.05. The molecule has 6 heteroatoms. The number of hydrogen-bond acceptors (Lipinski definition) is 3. The Morgan fingerprint density at radius 1 is 1.00 bits per heavy atom. The highest BCUT2D eigenvalue weighted by Gasteiger charge is 2.07. The molecule has 0 unspecified atom stereocenters. The van der Waals surface area contributed by atoms with Crippen LogP contribution in [-0.4, -0.2) is 10.9 Å². The Hall–Kier alpha value is -2.92. The number of carbonyl (C=O) groups is 1. The van der Waals surface area contributed by atoms with E-state index in [0.29, 0.717) is 27.8 Å². The summed E-state index contributed by atoms with van der Waals surface area (Å²) in [7, 11) is 0. The molecule has 0 aliphatic heterocycles. The van der Waals surface area contributed by atoms with Gasteiger partial charge in [0.25, 0.3) is 5.91 Å². The first-order chi connectivity index (χ1) is 11.6. The summed E-state index contributed by atoms with van der Waals surface area (Å²) in [6.45, 7) is 0. The average molecular weight is 342 g/mol. The first-order valence-corrected chi connectivity index (χ1v) is 7.54. The van der Waals surface area contributed by atoms with Gasteiger partial charge in [0, 0.05) is 10.6 Å². The van der Waals surface area contributed by atoms with Crippen LogP contribution in [0, 0.1) is 5.82 Å². The summed E-state index contributed by atoms with van der Waals surface area (Å²) < 4.78 is 13.6. The molecule has 3 aromatic rings. The summed E-state index contributed by atoms with van der Waals surface area (Å²) in [5.41, 5.74) is 1.37. The molecule has 0 saturated heterocycles. The van der Waals surface area contributed by atoms with Gasteiger partial charge in [-0.15, -0.1) is 0 Å². The molecule has 2 N–H and O–H groups in total. The molecule has 0 radical (unpaired) electrons. The van der Waals surface area contributed by atoms with Crippen LogP contribution < -0.4 is 10.6 Å². The Morgan fingerprint density at radius 3 is 2.42 bits per heavy atom. The Balaban J connectivity index is 1.67. The number of rotatable bonds is 4. The SMILES string of the molecule is O=C(Nc1ccc(Nc2ccccc2F)nc1)c1ccc(Cl)cc1. The van der Waals surface area contributed by atoms with E-state index in [9.17, 15) is 9.18 Å². The number of benzene rings is 2. The van der Waals surface area contributed by atoms with Crippen molar-refractivity contribution < 1.29 is 9.18 Å². The van der Waals surface area contributed by atoms with Crippen LogP contribution in [0.25, 0.3) is 0 Å². The summed E-state index contributed by atoms with van der Waals surface area (Å²) in [5, 5.41) is 6.18. The van der Waals surface area contributed by atoms with E-state index < -0.39 is 0 Å². The summed E-state index contributed by atoms with van der Waals surface area (Å²) in [4.78, 5) is 16.3. The fourth-order valence-corrected chi connectivity index (χ4v) is 2.17. The van der Waals surface area contributed by atoms with Crippen molar-refractivity contribution >= 4 is 34.7 Å². The smallest absolute Gasteiger partial charge is 0.255 e. The predicted octanol–water partition coefficient (Wildman–Crippen LogP) is 4.87. The monoisotopic (exact) mass is 341 g/mol. The molecule has 0 saturated carbocycles. The van der Waals surface area contributed by atoms with Crippen molar-refractivity contribution in [2.45, 2.75) is 0 Å². The molecule has 3 rings (SSSR count). The molecule has 0 spiro atoms. The van der Waals surface area contributed by atoms with Crippen LogP contribution in [0.3, 0.4) is 0 Å². The van der Waals surface area contributed by atoms with Gasteiger partial charge in [-0.2, -0.15) is 0 Å². The van der Waals surface area contributed by atoms with E-state index in [1.54, 1.807) is 54.6 Å². The topological polar surface area (TPSA) is 54.0 Å². The van der Waals surface area contributed by atoms with Crippen LogP contribution in [-0.2, 0) is 0 Å². The third kappa shape index (κ3) is 3.88. The van der Waals surface area contributed by atoms with Crippen molar-refractivity contribution in [1.29, 1.82) is 0 Å². The van der Waals surface area contributed by atoms with Crippen LogP contribution >= 0.6 is 11.6 Å². The Kier molecular flexibility index (Phi) is 4.72. The Labute approximate surface area is 143 Å². The van der Waals surface area contributed by atoms with E-state index in [1.165, 1.54) is 12.3 Å². The molecule has 0 atom stereocenters. The van der Waals surface area contributed by atoms with Crippen LogP contribution in [0.2, 0.25) is 5.02 Å². The van der Waals surface area contributed by atoms with Crippen molar-refractivity contribution in [3.05, 3.63) is 83.3 Å². The van der Waals surface area contributed by atoms with Gasteiger partial charge in [0.1, 0.15) is 11.6 Å². The normalized spacial score (nSPS) is 10.2. The van der Waals surface area contributed by atoms with Gasteiger partial charge in [0.2, 0.25) is 0 Å². The lowest BCUT2D eigenvalue weighted by Crippen LogP contribution is -2.11. The number of aromatic nitrogens is 1. The summed E-state index contributed by atoms with van der Waals surface area (Å²) in [5.74, 6) is -0.146. The lowest BCUT2D eigenvalue weighted by atomic mass is 10.2. The highest BCUT2D eigenvalue weighted by atomic mass is 35.5. The van der Waals surface area contributed by atoms with Gasteiger partial charge in [-0.1, -0.05) is 23.7 Å². The van der Waals surface area contributed by atoms with Crippen LogP contribution in [0.5, 0.6) is 0 Å². The second-order valence-corrected chi connectivity index (χ2v) is 5.43. The van der Waals surface area contributed by atoms with Gasteiger partial charge in [-0.3, -0.25) is 4.79 Å². The van der Waals surface area contributed by atoms with Crippen LogP contribution in [0.4, 0.5) is 21.6 Å². The van der Waals surface area contributed by atoms with Crippen molar-refractivity contribution in [2.75, 3.05) is 10.6 Å². The van der Waals surface area contributed by atoms with Gasteiger partial charge in [-0.05, 0) is 48.5 Å². The summed E-state index contributed by atoms with van der Waals surface area (Å²) in [6.07, 6.45) is 1.50. The second kappa shape index (κ2) is 7.10. The Bertz CT molecular complexity index is 851. The zero-order valence-electron chi connectivity index (χ0n) is 12.5. The zero-order valence-corrected chi connectivity index (χ0v) is 13.2. The van der Waals surface area contributed by atoms with Crippen molar-refractivity contribution in [3.8, 4) is 0 Å². The number of pyridine rings is 1. The molecule has 0 aliphatic carbocycles. The standard InChI is InChI=1S/C18H13ClFN3O/c19-13-7-5-12(6-8-13)18(24)22-14-9-10-17(21-11-14)23-16-4-2-1-3-15(16)20/h1-11H,(H,21,23)(H,22,24). The molecular weight excluding hydrogens is 329 g/mol. The van der Waals surface area contributed by atoms with E-state index in [-0.39, 0.29) is 11.7 Å². The van der Waals surface area contributed by atoms with Crippen molar-refractivity contribution in [1.82, 2.24) is 4.98 Å². The van der Waals surface area contributed by atoms with Crippen molar-refractivity contribution in [2.24, 2.45) is 0 Å². The van der Waals surface area contributed by atoms with E-state index in [2.05, 4.69) is 15.6 Å². The van der Waals surface area contributed by atoms with Gasteiger partial charge < -0.3 is 10.6 Å². The number of nitrogens with one attached hydrogen (secondary N) is 2. The highest BCUT2D eigenvalue weighted by molar-refractivity contribution is 6.30. The molecule has 0 bridgehead atoms. The molecule has 1 aromatic heterocycles. The number of para-hydroxylation sites is 1.